The Balaban J connectivity index is 1.56. The van der Waals surface area contributed by atoms with Crippen LogP contribution in [0.1, 0.15) is 49.5 Å². The molecule has 0 saturated carbocycles. The van der Waals surface area contributed by atoms with Crippen LogP contribution in [0.25, 0.3) is 11.0 Å². The number of ether oxygens (including phenoxy) is 1. The summed E-state index contributed by atoms with van der Waals surface area (Å²) in [5, 5.41) is 20.1. The number of phenolic OH excluding ortho intramolecular Hbond substituents is 1. The number of anilines is 2. The van der Waals surface area contributed by atoms with Crippen LogP contribution in [-0.4, -0.2) is 45.7 Å². The molecule has 198 valence electrons. The SMILES string of the molecule is Cn1c(Nc2c(Cl)ccc(CNC(=O)C(C)(C)C)c2Cl)nc2cc(C(=O)NCC3CCCO3)c(O)cc21. The summed E-state index contributed by atoms with van der Waals surface area (Å²) < 4.78 is 7.27. The van der Waals surface area contributed by atoms with Gasteiger partial charge in [-0.3, -0.25) is 9.59 Å². The van der Waals surface area contributed by atoms with E-state index in [0.717, 1.165) is 12.8 Å². The fourth-order valence-electron chi connectivity index (χ4n) is 4.03. The van der Waals surface area contributed by atoms with Gasteiger partial charge in [0.2, 0.25) is 11.9 Å². The molecule has 1 aliphatic rings. The Morgan fingerprint density at radius 3 is 2.65 bits per heavy atom. The summed E-state index contributed by atoms with van der Waals surface area (Å²) in [4.78, 5) is 29.6. The van der Waals surface area contributed by atoms with E-state index in [9.17, 15) is 14.7 Å². The van der Waals surface area contributed by atoms with Crippen LogP contribution < -0.4 is 16.0 Å². The zero-order valence-electron chi connectivity index (χ0n) is 21.2. The molecule has 4 N–H and O–H groups in total. The monoisotopic (exact) mass is 547 g/mol. The second kappa shape index (κ2) is 10.8. The first kappa shape index (κ1) is 27.0. The van der Waals surface area contributed by atoms with E-state index < -0.39 is 11.3 Å². The van der Waals surface area contributed by atoms with E-state index in [0.29, 0.717) is 51.4 Å². The molecule has 1 unspecified atom stereocenters. The fourth-order valence-corrected chi connectivity index (χ4v) is 4.56. The number of rotatable bonds is 7. The molecule has 3 aromatic rings. The third kappa shape index (κ3) is 5.95. The van der Waals surface area contributed by atoms with Gasteiger partial charge >= 0.3 is 0 Å². The fraction of sp³-hybridized carbons (Fsp3) is 0.423. The number of phenols is 1. The molecule has 4 rings (SSSR count). The summed E-state index contributed by atoms with van der Waals surface area (Å²) in [6.45, 7) is 6.82. The highest BCUT2D eigenvalue weighted by atomic mass is 35.5. The van der Waals surface area contributed by atoms with Gasteiger partial charge in [0.1, 0.15) is 5.75 Å². The van der Waals surface area contributed by atoms with Gasteiger partial charge in [-0.15, -0.1) is 0 Å². The Labute approximate surface area is 225 Å². The number of fused-ring (bicyclic) bond motifs is 1. The molecule has 1 aromatic heterocycles. The predicted molar refractivity (Wildman–Crippen MR) is 145 cm³/mol. The first-order chi connectivity index (χ1) is 17.5. The number of aryl methyl sites for hydroxylation is 1. The second-order valence-electron chi connectivity index (χ2n) is 10.2. The van der Waals surface area contributed by atoms with Crippen molar-refractivity contribution in [3.8, 4) is 5.75 Å². The largest absolute Gasteiger partial charge is 0.507 e. The van der Waals surface area contributed by atoms with Crippen LogP contribution in [0.5, 0.6) is 5.75 Å². The van der Waals surface area contributed by atoms with Gasteiger partial charge in [0.25, 0.3) is 5.91 Å². The van der Waals surface area contributed by atoms with E-state index in [1.807, 2.05) is 20.8 Å². The number of nitrogens with zero attached hydrogens (tertiary/aromatic N) is 2. The molecule has 0 aliphatic carbocycles. The number of hydrogen-bond donors (Lipinski definition) is 4. The van der Waals surface area contributed by atoms with Gasteiger partial charge in [-0.25, -0.2) is 4.98 Å². The summed E-state index contributed by atoms with van der Waals surface area (Å²) in [6, 6.07) is 6.49. The third-order valence-corrected chi connectivity index (χ3v) is 7.03. The lowest BCUT2D eigenvalue weighted by Gasteiger charge is -2.19. The van der Waals surface area contributed by atoms with E-state index in [1.165, 1.54) is 6.07 Å². The first-order valence-corrected chi connectivity index (χ1v) is 12.8. The number of hydrogen-bond acceptors (Lipinski definition) is 6. The van der Waals surface area contributed by atoms with Crippen molar-refractivity contribution >= 4 is 57.7 Å². The minimum absolute atomic E-state index is 0.00693. The highest BCUT2D eigenvalue weighted by Crippen LogP contribution is 2.36. The lowest BCUT2D eigenvalue weighted by molar-refractivity contribution is -0.128. The lowest BCUT2D eigenvalue weighted by Crippen LogP contribution is -2.34. The van der Waals surface area contributed by atoms with E-state index >= 15 is 0 Å². The minimum Gasteiger partial charge on any atom is -0.507 e. The number of halogens is 2. The summed E-state index contributed by atoms with van der Waals surface area (Å²) in [5.41, 5.74) is 1.83. The number of aromatic nitrogens is 2. The average molecular weight is 548 g/mol. The molecular formula is C26H31Cl2N5O4. The smallest absolute Gasteiger partial charge is 0.255 e. The topological polar surface area (TPSA) is 118 Å². The van der Waals surface area contributed by atoms with Crippen molar-refractivity contribution in [2.75, 3.05) is 18.5 Å². The number of amides is 2. The van der Waals surface area contributed by atoms with Crippen molar-refractivity contribution in [2.24, 2.45) is 12.5 Å². The van der Waals surface area contributed by atoms with E-state index in [1.54, 1.807) is 29.8 Å². The summed E-state index contributed by atoms with van der Waals surface area (Å²) in [5.74, 6) is -0.240. The molecule has 0 radical (unpaired) electrons. The predicted octanol–water partition coefficient (Wildman–Crippen LogP) is 4.90. The van der Waals surface area contributed by atoms with Crippen LogP contribution in [0.15, 0.2) is 24.3 Å². The van der Waals surface area contributed by atoms with Crippen molar-refractivity contribution in [2.45, 2.75) is 46.3 Å². The Hall–Kier alpha value is -3.01. The molecule has 0 spiro atoms. The lowest BCUT2D eigenvalue weighted by atomic mass is 9.95. The molecule has 2 amide bonds. The van der Waals surface area contributed by atoms with Gasteiger partial charge in [0, 0.05) is 38.2 Å². The molecular weight excluding hydrogens is 517 g/mol. The number of imidazole rings is 1. The highest BCUT2D eigenvalue weighted by molar-refractivity contribution is 6.39. The summed E-state index contributed by atoms with van der Waals surface area (Å²) in [7, 11) is 1.77. The Morgan fingerprint density at radius 2 is 1.97 bits per heavy atom. The molecule has 37 heavy (non-hydrogen) atoms. The van der Waals surface area contributed by atoms with Crippen LogP contribution in [0, 0.1) is 5.41 Å². The number of carbonyl (C=O) groups excluding carboxylic acids is 2. The van der Waals surface area contributed by atoms with Gasteiger partial charge in [-0.05, 0) is 30.5 Å². The van der Waals surface area contributed by atoms with Crippen molar-refractivity contribution in [1.29, 1.82) is 0 Å². The molecule has 9 nitrogen and oxygen atoms in total. The van der Waals surface area contributed by atoms with Gasteiger partial charge < -0.3 is 30.4 Å². The van der Waals surface area contributed by atoms with Crippen molar-refractivity contribution in [3.63, 3.8) is 0 Å². The van der Waals surface area contributed by atoms with Crippen LogP contribution >= 0.6 is 23.2 Å². The first-order valence-electron chi connectivity index (χ1n) is 12.1. The minimum atomic E-state index is -0.529. The Bertz CT molecular complexity index is 1340. The summed E-state index contributed by atoms with van der Waals surface area (Å²) in [6.07, 6.45) is 1.87. The number of nitrogens with one attached hydrogen (secondary N) is 3. The number of carbonyl (C=O) groups is 2. The molecule has 2 heterocycles. The standard InChI is InChI=1S/C26H31Cl2N5O4/c1-26(2,3)24(36)30-12-14-7-8-17(27)22(21(14)28)32-25-31-18-10-16(20(34)11-19(18)33(25)4)23(35)29-13-15-6-5-9-37-15/h7-8,10-11,15,34H,5-6,9,12-13H2,1-4H3,(H,29,35)(H,30,36)(H,31,32). The van der Waals surface area contributed by atoms with Gasteiger partial charge in [-0.1, -0.05) is 50.0 Å². The molecule has 1 aliphatic heterocycles. The van der Waals surface area contributed by atoms with Crippen molar-refractivity contribution < 1.29 is 19.4 Å². The van der Waals surface area contributed by atoms with Crippen LogP contribution in [0.4, 0.5) is 11.6 Å². The number of benzene rings is 2. The maximum Gasteiger partial charge on any atom is 0.255 e. The normalized spacial score (nSPS) is 15.7. The van der Waals surface area contributed by atoms with Crippen molar-refractivity contribution in [1.82, 2.24) is 20.2 Å². The Morgan fingerprint density at radius 1 is 1.22 bits per heavy atom. The second-order valence-corrected chi connectivity index (χ2v) is 10.9. The molecule has 0 bridgehead atoms. The van der Waals surface area contributed by atoms with Crippen molar-refractivity contribution in [3.05, 3.63) is 45.4 Å². The van der Waals surface area contributed by atoms with Crippen LogP contribution in [0.2, 0.25) is 10.0 Å². The zero-order valence-corrected chi connectivity index (χ0v) is 22.8. The maximum absolute atomic E-state index is 12.7. The summed E-state index contributed by atoms with van der Waals surface area (Å²) >= 11 is 13.1. The molecule has 1 fully saturated rings. The highest BCUT2D eigenvalue weighted by Gasteiger charge is 2.23. The van der Waals surface area contributed by atoms with Crippen LogP contribution in [0.3, 0.4) is 0 Å². The molecule has 11 heteroatoms. The zero-order chi connectivity index (χ0) is 26.9. The molecule has 2 aromatic carbocycles. The van der Waals surface area contributed by atoms with E-state index in [-0.39, 0.29) is 29.9 Å². The number of aromatic hydroxyl groups is 1. The third-order valence-electron chi connectivity index (χ3n) is 6.29. The molecule has 1 saturated heterocycles. The van der Waals surface area contributed by atoms with E-state index in [2.05, 4.69) is 20.9 Å². The molecule has 1 atom stereocenters. The van der Waals surface area contributed by atoms with Gasteiger partial charge in [0.05, 0.1) is 38.4 Å². The Kier molecular flexibility index (Phi) is 7.87. The van der Waals surface area contributed by atoms with Crippen LogP contribution in [-0.2, 0) is 23.1 Å². The maximum atomic E-state index is 12.7. The average Bonchev–Trinajstić information content (AvgIpc) is 3.46. The van der Waals surface area contributed by atoms with E-state index in [4.69, 9.17) is 27.9 Å². The van der Waals surface area contributed by atoms with Gasteiger partial charge in [0.15, 0.2) is 0 Å². The van der Waals surface area contributed by atoms with Gasteiger partial charge in [-0.2, -0.15) is 0 Å². The quantitative estimate of drug-likeness (QED) is 0.334.